The molecule has 188 valence electrons. The zero-order chi connectivity index (χ0) is 25.3. The van der Waals surface area contributed by atoms with Crippen molar-refractivity contribution in [1.29, 1.82) is 0 Å². The highest BCUT2D eigenvalue weighted by atomic mass is 16.7. The van der Waals surface area contributed by atoms with Crippen molar-refractivity contribution in [2.45, 2.75) is 52.1 Å². The molecule has 0 radical (unpaired) electrons. The number of ether oxygens (including phenoxy) is 3. The van der Waals surface area contributed by atoms with Crippen LogP contribution >= 0.6 is 0 Å². The van der Waals surface area contributed by atoms with Gasteiger partial charge in [0.05, 0.1) is 19.3 Å². The van der Waals surface area contributed by atoms with E-state index < -0.39 is 0 Å². The predicted molar refractivity (Wildman–Crippen MR) is 144 cm³/mol. The van der Waals surface area contributed by atoms with Crippen LogP contribution < -0.4 is 10.1 Å². The maximum atomic E-state index is 11.4. The van der Waals surface area contributed by atoms with Gasteiger partial charge in [-0.2, -0.15) is 0 Å². The van der Waals surface area contributed by atoms with Gasteiger partial charge in [-0.25, -0.2) is 0 Å². The molecule has 1 fully saturated rings. The van der Waals surface area contributed by atoms with Gasteiger partial charge < -0.3 is 19.5 Å². The number of hydrogen-bond acceptors (Lipinski definition) is 4. The molecule has 2 unspecified atom stereocenters. The Morgan fingerprint density at radius 3 is 2.58 bits per heavy atom. The molecule has 0 bridgehead atoms. The van der Waals surface area contributed by atoms with Gasteiger partial charge in [0.25, 0.3) is 0 Å². The first-order valence-corrected chi connectivity index (χ1v) is 12.6. The van der Waals surface area contributed by atoms with Crippen LogP contribution in [0, 0.1) is 0 Å². The van der Waals surface area contributed by atoms with Crippen LogP contribution in [0.4, 0.5) is 0 Å². The van der Waals surface area contributed by atoms with Gasteiger partial charge in [0.2, 0.25) is 5.91 Å². The highest BCUT2D eigenvalue weighted by molar-refractivity contribution is 5.75. The molecule has 36 heavy (non-hydrogen) atoms. The van der Waals surface area contributed by atoms with E-state index in [-0.39, 0.29) is 18.3 Å². The molecule has 0 spiro atoms. The van der Waals surface area contributed by atoms with Crippen LogP contribution in [0.5, 0.6) is 5.75 Å². The topological polar surface area (TPSA) is 56.8 Å². The number of allylic oxidation sites excluding steroid dienone is 1. The molecule has 5 nitrogen and oxygen atoms in total. The average Bonchev–Trinajstić information content (AvgIpc) is 2.89. The number of nitrogens with one attached hydrogen (secondary N) is 1. The third-order valence-corrected chi connectivity index (χ3v) is 6.30. The van der Waals surface area contributed by atoms with E-state index in [0.29, 0.717) is 19.8 Å². The Morgan fingerprint density at radius 2 is 1.86 bits per heavy atom. The molecule has 0 aromatic heterocycles. The van der Waals surface area contributed by atoms with E-state index >= 15 is 0 Å². The lowest BCUT2D eigenvalue weighted by molar-refractivity contribution is -0.157. The van der Waals surface area contributed by atoms with E-state index in [0.717, 1.165) is 58.4 Å². The number of amides is 1. The van der Waals surface area contributed by atoms with Crippen molar-refractivity contribution in [3.8, 4) is 16.9 Å². The van der Waals surface area contributed by atoms with Crippen LogP contribution in [-0.4, -0.2) is 31.5 Å². The van der Waals surface area contributed by atoms with Gasteiger partial charge in [0, 0.05) is 19.9 Å². The smallest absolute Gasteiger partial charge is 0.216 e. The second kappa shape index (κ2) is 12.5. The Labute approximate surface area is 214 Å². The van der Waals surface area contributed by atoms with Gasteiger partial charge in [0.15, 0.2) is 6.29 Å². The third-order valence-electron chi connectivity index (χ3n) is 6.30. The van der Waals surface area contributed by atoms with Gasteiger partial charge in [-0.05, 0) is 65.8 Å². The fourth-order valence-corrected chi connectivity index (χ4v) is 4.31. The zero-order valence-corrected chi connectivity index (χ0v) is 21.2. The second-order valence-electron chi connectivity index (χ2n) is 9.29. The van der Waals surface area contributed by atoms with Crippen molar-refractivity contribution in [2.24, 2.45) is 0 Å². The highest BCUT2D eigenvalue weighted by Gasteiger charge is 2.24. The molecule has 3 aromatic rings. The maximum absolute atomic E-state index is 11.4. The Bertz CT molecular complexity index is 1170. The summed E-state index contributed by atoms with van der Waals surface area (Å²) < 4.78 is 18.3. The van der Waals surface area contributed by atoms with Crippen LogP contribution in [0.15, 0.2) is 79.4 Å². The summed E-state index contributed by atoms with van der Waals surface area (Å²) in [6.07, 6.45) is 2.15. The summed E-state index contributed by atoms with van der Waals surface area (Å²) in [4.78, 5) is 11.4. The van der Waals surface area contributed by atoms with Gasteiger partial charge in [-0.1, -0.05) is 66.7 Å². The molecular weight excluding hydrogens is 450 g/mol. The van der Waals surface area contributed by atoms with E-state index in [1.165, 1.54) is 6.92 Å². The minimum atomic E-state index is -0.304. The minimum Gasteiger partial charge on any atom is -0.465 e. The molecule has 1 aliphatic rings. The SMILES string of the molecule is C=C(C)c1cccc(-c2cc(OC3CCC(OCc4ccccc4)CO3)ccc2CCNC(C)=O)c1. The Morgan fingerprint density at radius 1 is 1.03 bits per heavy atom. The van der Waals surface area contributed by atoms with Crippen molar-refractivity contribution in [3.05, 3.63) is 96.1 Å². The Balaban J connectivity index is 1.42. The number of hydrogen-bond donors (Lipinski definition) is 1. The van der Waals surface area contributed by atoms with E-state index in [2.05, 4.69) is 54.4 Å². The number of carbonyl (C=O) groups is 1. The molecule has 3 aromatic carbocycles. The molecule has 5 heteroatoms. The molecule has 1 N–H and O–H groups in total. The Kier molecular flexibility index (Phi) is 8.93. The van der Waals surface area contributed by atoms with Crippen LogP contribution in [0.3, 0.4) is 0 Å². The molecule has 1 heterocycles. The summed E-state index contributed by atoms with van der Waals surface area (Å²) >= 11 is 0. The fourth-order valence-electron chi connectivity index (χ4n) is 4.31. The highest BCUT2D eigenvalue weighted by Crippen LogP contribution is 2.31. The normalized spacial score (nSPS) is 17.4. The number of benzene rings is 3. The van der Waals surface area contributed by atoms with Gasteiger partial charge in [-0.3, -0.25) is 4.79 Å². The summed E-state index contributed by atoms with van der Waals surface area (Å²) in [5.41, 5.74) is 6.61. The van der Waals surface area contributed by atoms with E-state index in [1.807, 2.05) is 37.3 Å². The monoisotopic (exact) mass is 485 g/mol. The van der Waals surface area contributed by atoms with Gasteiger partial charge in [-0.15, -0.1) is 0 Å². The summed E-state index contributed by atoms with van der Waals surface area (Å²) in [5.74, 6) is 0.740. The lowest BCUT2D eigenvalue weighted by Gasteiger charge is -2.29. The predicted octanol–water partition coefficient (Wildman–Crippen LogP) is 6.17. The zero-order valence-electron chi connectivity index (χ0n) is 21.2. The van der Waals surface area contributed by atoms with Crippen molar-refractivity contribution < 1.29 is 19.0 Å². The first-order valence-electron chi connectivity index (χ1n) is 12.6. The largest absolute Gasteiger partial charge is 0.465 e. The van der Waals surface area contributed by atoms with Crippen LogP contribution in [0.1, 0.15) is 43.4 Å². The second-order valence-corrected chi connectivity index (χ2v) is 9.29. The maximum Gasteiger partial charge on any atom is 0.216 e. The summed E-state index contributed by atoms with van der Waals surface area (Å²) in [7, 11) is 0. The fraction of sp³-hybridized carbons (Fsp3) is 0.323. The molecular formula is C31H35NO4. The third kappa shape index (κ3) is 7.30. The van der Waals surface area contributed by atoms with Crippen molar-refractivity contribution in [2.75, 3.05) is 13.2 Å². The minimum absolute atomic E-state index is 0.0266. The standard InChI is InChI=1S/C31H35NO4/c1-22(2)26-10-7-11-27(18-26)30-19-28(13-12-25(30)16-17-32-23(3)33)36-31-15-14-29(21-35-31)34-20-24-8-5-4-6-9-24/h4-13,18-19,29,31H,1,14-17,20-21H2,2-3H3,(H,32,33). The van der Waals surface area contributed by atoms with E-state index in [4.69, 9.17) is 14.2 Å². The molecule has 2 atom stereocenters. The van der Waals surface area contributed by atoms with Crippen molar-refractivity contribution >= 4 is 11.5 Å². The van der Waals surface area contributed by atoms with E-state index in [9.17, 15) is 4.79 Å². The van der Waals surface area contributed by atoms with Crippen LogP contribution in [0.25, 0.3) is 16.7 Å². The Hall–Kier alpha value is -3.41. The summed E-state index contributed by atoms with van der Waals surface area (Å²) in [5, 5.41) is 2.89. The molecule has 4 rings (SSSR count). The summed E-state index contributed by atoms with van der Waals surface area (Å²) in [6, 6.07) is 24.7. The molecule has 0 saturated carbocycles. The summed E-state index contributed by atoms with van der Waals surface area (Å²) in [6.45, 7) is 9.31. The van der Waals surface area contributed by atoms with Crippen molar-refractivity contribution in [3.63, 3.8) is 0 Å². The van der Waals surface area contributed by atoms with Crippen LogP contribution in [0.2, 0.25) is 0 Å². The lowest BCUT2D eigenvalue weighted by Crippen LogP contribution is -2.34. The average molecular weight is 486 g/mol. The lowest BCUT2D eigenvalue weighted by atomic mass is 9.95. The number of carbonyl (C=O) groups excluding carboxylic acids is 1. The molecule has 1 amide bonds. The number of rotatable bonds is 10. The van der Waals surface area contributed by atoms with Crippen molar-refractivity contribution in [1.82, 2.24) is 5.32 Å². The van der Waals surface area contributed by atoms with E-state index in [1.54, 1.807) is 0 Å². The molecule has 0 aliphatic carbocycles. The quantitative estimate of drug-likeness (QED) is 0.373. The molecule has 1 saturated heterocycles. The van der Waals surface area contributed by atoms with Gasteiger partial charge >= 0.3 is 0 Å². The first kappa shape index (κ1) is 25.7. The van der Waals surface area contributed by atoms with Crippen LogP contribution in [-0.2, 0) is 27.3 Å². The van der Waals surface area contributed by atoms with Gasteiger partial charge in [0.1, 0.15) is 5.75 Å². The molecule has 1 aliphatic heterocycles. The first-order chi connectivity index (χ1) is 17.5.